The first-order valence-electron chi connectivity index (χ1n) is 9.47. The van der Waals surface area contributed by atoms with Gasteiger partial charge in [-0.2, -0.15) is 0 Å². The van der Waals surface area contributed by atoms with Crippen molar-refractivity contribution in [1.29, 1.82) is 0 Å². The molecule has 0 unspecified atom stereocenters. The van der Waals surface area contributed by atoms with Gasteiger partial charge in [-0.1, -0.05) is 12.1 Å². The minimum atomic E-state index is -0.265. The lowest BCUT2D eigenvalue weighted by Gasteiger charge is -2.22. The summed E-state index contributed by atoms with van der Waals surface area (Å²) in [4.78, 5) is 27.1. The molecule has 30 heavy (non-hydrogen) atoms. The molecular formula is C21H24N6O3. The first-order valence-corrected chi connectivity index (χ1v) is 9.47. The Morgan fingerprint density at radius 2 is 1.90 bits per heavy atom. The van der Waals surface area contributed by atoms with E-state index in [0.29, 0.717) is 18.7 Å². The third-order valence-corrected chi connectivity index (χ3v) is 4.79. The Morgan fingerprint density at radius 3 is 2.57 bits per heavy atom. The van der Waals surface area contributed by atoms with Gasteiger partial charge in [-0.15, -0.1) is 5.10 Å². The first kappa shape index (κ1) is 21.1. The van der Waals surface area contributed by atoms with Gasteiger partial charge in [-0.3, -0.25) is 9.59 Å². The molecule has 0 saturated carbocycles. The fourth-order valence-electron chi connectivity index (χ4n) is 2.92. The molecule has 2 amide bonds. The second-order valence-corrected chi connectivity index (χ2v) is 6.82. The molecule has 9 heteroatoms. The lowest BCUT2D eigenvalue weighted by Crippen LogP contribution is -2.40. The number of carbonyl (C=O) groups excluding carboxylic acids is 2. The fraction of sp³-hybridized carbons (Fsp3) is 0.286. The number of ether oxygens (including phenoxy) is 1. The van der Waals surface area contributed by atoms with Crippen molar-refractivity contribution in [3.05, 3.63) is 65.5 Å². The smallest absolute Gasteiger partial charge is 0.254 e. The van der Waals surface area contributed by atoms with Gasteiger partial charge in [-0.05, 0) is 65.7 Å². The number of benzene rings is 2. The van der Waals surface area contributed by atoms with Crippen LogP contribution in [0.1, 0.15) is 21.5 Å². The summed E-state index contributed by atoms with van der Waals surface area (Å²) in [5, 5.41) is 13.9. The van der Waals surface area contributed by atoms with Gasteiger partial charge in [0.15, 0.2) is 0 Å². The number of aromatic nitrogens is 4. The highest BCUT2D eigenvalue weighted by Crippen LogP contribution is 2.18. The lowest BCUT2D eigenvalue weighted by atomic mass is 10.1. The van der Waals surface area contributed by atoms with E-state index < -0.39 is 0 Å². The molecule has 9 nitrogen and oxygen atoms in total. The Morgan fingerprint density at radius 1 is 1.13 bits per heavy atom. The van der Waals surface area contributed by atoms with E-state index in [1.807, 2.05) is 32.0 Å². The van der Waals surface area contributed by atoms with Gasteiger partial charge >= 0.3 is 0 Å². The number of nitrogens with one attached hydrogen (secondary N) is 1. The zero-order chi connectivity index (χ0) is 21.5. The molecule has 0 saturated heterocycles. The highest BCUT2D eigenvalue weighted by Gasteiger charge is 2.19. The number of carbonyl (C=O) groups is 2. The molecule has 2 aromatic carbocycles. The van der Waals surface area contributed by atoms with E-state index in [9.17, 15) is 9.59 Å². The van der Waals surface area contributed by atoms with Crippen LogP contribution in [0.15, 0.2) is 48.8 Å². The molecule has 0 radical (unpaired) electrons. The number of nitrogens with zero attached hydrogens (tertiary/aromatic N) is 5. The first-order chi connectivity index (χ1) is 14.5. The molecule has 0 aliphatic heterocycles. The number of anilines is 1. The third kappa shape index (κ3) is 5.06. The van der Waals surface area contributed by atoms with Crippen LogP contribution in [0.25, 0.3) is 5.69 Å². The number of methoxy groups -OCH3 is 1. The van der Waals surface area contributed by atoms with Crippen LogP contribution in [0, 0.1) is 13.8 Å². The van der Waals surface area contributed by atoms with Gasteiger partial charge in [-0.25, -0.2) is 4.68 Å². The van der Waals surface area contributed by atoms with E-state index in [2.05, 4.69) is 20.8 Å². The molecule has 156 valence electrons. The highest BCUT2D eigenvalue weighted by atomic mass is 16.5. The molecule has 0 aliphatic carbocycles. The summed E-state index contributed by atoms with van der Waals surface area (Å²) in [5.41, 5.74) is 4.02. The summed E-state index contributed by atoms with van der Waals surface area (Å²) in [7, 11) is 1.56. The van der Waals surface area contributed by atoms with Crippen molar-refractivity contribution in [2.45, 2.75) is 13.8 Å². The minimum absolute atomic E-state index is 0.0790. The summed E-state index contributed by atoms with van der Waals surface area (Å²) < 4.78 is 6.60. The monoisotopic (exact) mass is 408 g/mol. The van der Waals surface area contributed by atoms with Crippen LogP contribution in [0.5, 0.6) is 0 Å². The van der Waals surface area contributed by atoms with Crippen LogP contribution in [-0.2, 0) is 9.53 Å². The summed E-state index contributed by atoms with van der Waals surface area (Å²) in [6.07, 6.45) is 1.47. The maximum atomic E-state index is 13.0. The molecule has 0 fully saturated rings. The van der Waals surface area contributed by atoms with E-state index in [1.54, 1.807) is 31.4 Å². The highest BCUT2D eigenvalue weighted by molar-refractivity contribution is 5.99. The maximum Gasteiger partial charge on any atom is 0.254 e. The second-order valence-electron chi connectivity index (χ2n) is 6.82. The number of hydrogen-bond donors (Lipinski definition) is 1. The number of aryl methyl sites for hydroxylation is 1. The van der Waals surface area contributed by atoms with Crippen molar-refractivity contribution < 1.29 is 14.3 Å². The predicted molar refractivity (Wildman–Crippen MR) is 111 cm³/mol. The standard InChI is InChI=1S/C21H24N6O3/c1-15-5-4-6-19(16(15)2)23-20(28)13-26(11-12-30-3)21(29)17-7-9-18(10-8-17)27-14-22-24-25-27/h4-10,14H,11-13H2,1-3H3,(H,23,28). The third-order valence-electron chi connectivity index (χ3n) is 4.79. The molecule has 3 aromatic rings. The van der Waals surface area contributed by atoms with E-state index in [1.165, 1.54) is 15.9 Å². The molecule has 0 atom stereocenters. The molecule has 1 N–H and O–H groups in total. The molecule has 0 aliphatic rings. The second kappa shape index (κ2) is 9.75. The Balaban J connectivity index is 1.72. The molecule has 1 aromatic heterocycles. The normalized spacial score (nSPS) is 10.6. The van der Waals surface area contributed by atoms with Crippen molar-refractivity contribution in [2.75, 3.05) is 32.1 Å². The van der Waals surface area contributed by atoms with Crippen LogP contribution < -0.4 is 5.32 Å². The van der Waals surface area contributed by atoms with Crippen molar-refractivity contribution in [3.8, 4) is 5.69 Å². The van der Waals surface area contributed by atoms with Crippen LogP contribution in [-0.4, -0.2) is 63.7 Å². The van der Waals surface area contributed by atoms with E-state index >= 15 is 0 Å². The zero-order valence-corrected chi connectivity index (χ0v) is 17.2. The average Bonchev–Trinajstić information content (AvgIpc) is 3.29. The van der Waals surface area contributed by atoms with Gasteiger partial charge in [0.05, 0.1) is 12.3 Å². The summed E-state index contributed by atoms with van der Waals surface area (Å²) in [5.74, 6) is -0.523. The van der Waals surface area contributed by atoms with Gasteiger partial charge in [0.25, 0.3) is 5.91 Å². The quantitative estimate of drug-likeness (QED) is 0.612. The SMILES string of the molecule is COCCN(CC(=O)Nc1cccc(C)c1C)C(=O)c1ccc(-n2cnnn2)cc1. The Hall–Kier alpha value is -3.59. The summed E-state index contributed by atoms with van der Waals surface area (Å²) >= 11 is 0. The van der Waals surface area contributed by atoms with Crippen molar-refractivity contribution in [2.24, 2.45) is 0 Å². The minimum Gasteiger partial charge on any atom is -0.383 e. The van der Waals surface area contributed by atoms with Crippen LogP contribution in [0.2, 0.25) is 0 Å². The summed E-state index contributed by atoms with van der Waals surface area (Å²) in [6.45, 7) is 4.48. The Kier molecular flexibility index (Phi) is 6.87. The largest absolute Gasteiger partial charge is 0.383 e. The number of rotatable bonds is 8. The maximum absolute atomic E-state index is 13.0. The van der Waals surface area contributed by atoms with Crippen LogP contribution in [0.3, 0.4) is 0 Å². The van der Waals surface area contributed by atoms with Crippen molar-refractivity contribution in [3.63, 3.8) is 0 Å². The molecule has 0 spiro atoms. The average molecular weight is 408 g/mol. The van der Waals surface area contributed by atoms with Crippen LogP contribution >= 0.6 is 0 Å². The van der Waals surface area contributed by atoms with E-state index in [0.717, 1.165) is 22.5 Å². The topological polar surface area (TPSA) is 102 Å². The zero-order valence-electron chi connectivity index (χ0n) is 17.2. The Labute approximate surface area is 174 Å². The van der Waals surface area contributed by atoms with Crippen molar-refractivity contribution >= 4 is 17.5 Å². The van der Waals surface area contributed by atoms with E-state index in [-0.39, 0.29) is 18.4 Å². The molecule has 3 rings (SSSR count). The molecule has 1 heterocycles. The van der Waals surface area contributed by atoms with E-state index in [4.69, 9.17) is 4.74 Å². The molecule has 0 bridgehead atoms. The predicted octanol–water partition coefficient (Wildman–Crippen LogP) is 2.01. The number of amides is 2. The number of tetrazole rings is 1. The summed E-state index contributed by atoms with van der Waals surface area (Å²) in [6, 6.07) is 12.6. The van der Waals surface area contributed by atoms with Gasteiger partial charge in [0.1, 0.15) is 12.9 Å². The lowest BCUT2D eigenvalue weighted by molar-refractivity contribution is -0.117. The van der Waals surface area contributed by atoms with Gasteiger partial charge in [0, 0.05) is 24.9 Å². The number of hydrogen-bond acceptors (Lipinski definition) is 6. The van der Waals surface area contributed by atoms with Gasteiger partial charge < -0.3 is 15.0 Å². The van der Waals surface area contributed by atoms with Crippen molar-refractivity contribution in [1.82, 2.24) is 25.1 Å². The fourth-order valence-corrected chi connectivity index (χ4v) is 2.92. The Bertz CT molecular complexity index is 1000. The van der Waals surface area contributed by atoms with Gasteiger partial charge in [0.2, 0.25) is 5.91 Å². The molecular weight excluding hydrogens is 384 g/mol. The van der Waals surface area contributed by atoms with Crippen LogP contribution in [0.4, 0.5) is 5.69 Å².